The van der Waals surface area contributed by atoms with Gasteiger partial charge in [-0.3, -0.25) is 4.79 Å². The topological polar surface area (TPSA) is 122 Å². The number of hydrogen-bond acceptors (Lipinski definition) is 8. The van der Waals surface area contributed by atoms with Gasteiger partial charge < -0.3 is 29.9 Å². The van der Waals surface area contributed by atoms with Crippen LogP contribution in [0.4, 0.5) is 0 Å². The molecule has 0 aliphatic carbocycles. The van der Waals surface area contributed by atoms with Crippen LogP contribution in [0.2, 0.25) is 0 Å². The van der Waals surface area contributed by atoms with Gasteiger partial charge >= 0.3 is 0 Å². The molecule has 1 fully saturated rings. The predicted octanol–water partition coefficient (Wildman–Crippen LogP) is -0.586. The maximum Gasteiger partial charge on any atom is 0.222 e. The summed E-state index contributed by atoms with van der Waals surface area (Å²) in [5.41, 5.74) is 0.628. The molecule has 1 aliphatic rings. The average molecular weight is 419 g/mol. The Bertz CT molecular complexity index is 800. The number of nitrogens with one attached hydrogen (secondary N) is 1. The smallest absolute Gasteiger partial charge is 0.222 e. The van der Waals surface area contributed by atoms with Crippen molar-refractivity contribution in [2.75, 3.05) is 27.2 Å². The molecule has 4 atom stereocenters. The van der Waals surface area contributed by atoms with Gasteiger partial charge in [-0.2, -0.15) is 0 Å². The van der Waals surface area contributed by atoms with Crippen LogP contribution < -0.4 is 10.1 Å². The van der Waals surface area contributed by atoms with E-state index in [0.717, 1.165) is 5.75 Å². The van der Waals surface area contributed by atoms with Crippen molar-refractivity contribution < 1.29 is 24.5 Å². The van der Waals surface area contributed by atoms with E-state index < -0.39 is 24.4 Å². The molecule has 0 radical (unpaired) electrons. The number of para-hydroxylation sites is 1. The van der Waals surface area contributed by atoms with E-state index in [1.165, 1.54) is 4.68 Å². The number of ether oxygens (including phenoxy) is 2. The Labute approximate surface area is 175 Å². The summed E-state index contributed by atoms with van der Waals surface area (Å²) >= 11 is 0. The Hall–Kier alpha value is -2.53. The molecule has 2 heterocycles. The number of aromatic nitrogens is 3. The van der Waals surface area contributed by atoms with E-state index in [1.807, 2.05) is 49.3 Å². The third-order valence-electron chi connectivity index (χ3n) is 4.81. The fraction of sp³-hybridized carbons (Fsp3) is 0.550. The lowest BCUT2D eigenvalue weighted by atomic mass is 10.1. The molecule has 3 N–H and O–H groups in total. The summed E-state index contributed by atoms with van der Waals surface area (Å²) in [6.45, 7) is 1.69. The second kappa shape index (κ2) is 10.5. The van der Waals surface area contributed by atoms with Crippen molar-refractivity contribution in [1.82, 2.24) is 25.2 Å². The Morgan fingerprint density at radius 3 is 2.70 bits per heavy atom. The van der Waals surface area contributed by atoms with E-state index in [1.54, 1.807) is 6.20 Å². The molecule has 4 unspecified atom stereocenters. The molecule has 0 spiro atoms. The minimum Gasteiger partial charge on any atom is -0.487 e. The van der Waals surface area contributed by atoms with Crippen molar-refractivity contribution in [3.8, 4) is 5.75 Å². The number of carbonyl (C=O) groups excluding carboxylic acids is 1. The van der Waals surface area contributed by atoms with Crippen molar-refractivity contribution >= 4 is 5.91 Å². The van der Waals surface area contributed by atoms with Crippen LogP contribution in [-0.2, 0) is 22.7 Å². The van der Waals surface area contributed by atoms with Gasteiger partial charge in [-0.1, -0.05) is 23.4 Å². The number of amides is 1. The van der Waals surface area contributed by atoms with Gasteiger partial charge in [-0.15, -0.1) is 5.10 Å². The van der Waals surface area contributed by atoms with Gasteiger partial charge in [0.15, 0.2) is 0 Å². The zero-order chi connectivity index (χ0) is 21.5. The van der Waals surface area contributed by atoms with E-state index >= 15 is 0 Å². The molecule has 0 bridgehead atoms. The third-order valence-corrected chi connectivity index (χ3v) is 4.81. The molecule has 10 heteroatoms. The van der Waals surface area contributed by atoms with Crippen molar-refractivity contribution in [2.45, 2.75) is 44.0 Å². The molecule has 1 aliphatic heterocycles. The second-order valence-electron chi connectivity index (χ2n) is 7.59. The van der Waals surface area contributed by atoms with Gasteiger partial charge in [0, 0.05) is 13.1 Å². The minimum atomic E-state index is -1.14. The van der Waals surface area contributed by atoms with Gasteiger partial charge in [0.1, 0.15) is 36.4 Å². The van der Waals surface area contributed by atoms with Crippen molar-refractivity contribution in [2.24, 2.45) is 0 Å². The van der Waals surface area contributed by atoms with Crippen LogP contribution in [0.25, 0.3) is 0 Å². The molecular formula is C20H29N5O5. The van der Waals surface area contributed by atoms with E-state index in [0.29, 0.717) is 18.8 Å². The fourth-order valence-electron chi connectivity index (χ4n) is 3.17. The SMILES string of the molecule is CN(C)CCNC(=O)CC1OC(Cn2cc(COc3ccccc3)nn2)C(O)C1O. The summed E-state index contributed by atoms with van der Waals surface area (Å²) in [6.07, 6.45) is -2.03. The molecule has 2 aromatic rings. The summed E-state index contributed by atoms with van der Waals surface area (Å²) in [7, 11) is 3.83. The highest BCUT2D eigenvalue weighted by Crippen LogP contribution is 2.24. The Morgan fingerprint density at radius 1 is 1.23 bits per heavy atom. The van der Waals surface area contributed by atoms with Crippen LogP contribution in [0.5, 0.6) is 5.75 Å². The lowest BCUT2D eigenvalue weighted by molar-refractivity contribution is -0.125. The van der Waals surface area contributed by atoms with E-state index in [9.17, 15) is 15.0 Å². The highest BCUT2D eigenvalue weighted by molar-refractivity contribution is 5.76. The van der Waals surface area contributed by atoms with Crippen molar-refractivity contribution in [3.05, 3.63) is 42.2 Å². The molecule has 1 aromatic heterocycles. The molecule has 1 aromatic carbocycles. The first-order valence-electron chi connectivity index (χ1n) is 9.92. The van der Waals surface area contributed by atoms with E-state index in [-0.39, 0.29) is 25.5 Å². The van der Waals surface area contributed by atoms with Crippen LogP contribution in [0, 0.1) is 0 Å². The summed E-state index contributed by atoms with van der Waals surface area (Å²) in [6, 6.07) is 9.38. The maximum absolute atomic E-state index is 12.0. The van der Waals surface area contributed by atoms with Gasteiger partial charge in [-0.05, 0) is 26.2 Å². The van der Waals surface area contributed by atoms with E-state index in [4.69, 9.17) is 9.47 Å². The molecule has 164 valence electrons. The number of nitrogens with zero attached hydrogens (tertiary/aromatic N) is 4. The first kappa shape index (κ1) is 22.2. The van der Waals surface area contributed by atoms with Crippen molar-refractivity contribution in [1.29, 1.82) is 0 Å². The van der Waals surface area contributed by atoms with Crippen LogP contribution >= 0.6 is 0 Å². The largest absolute Gasteiger partial charge is 0.487 e. The summed E-state index contributed by atoms with van der Waals surface area (Å²) in [5.74, 6) is 0.506. The number of hydrogen-bond donors (Lipinski definition) is 3. The zero-order valence-electron chi connectivity index (χ0n) is 17.2. The lowest BCUT2D eigenvalue weighted by Crippen LogP contribution is -2.37. The number of rotatable bonds is 10. The number of likely N-dealkylation sites (N-methyl/N-ethyl adjacent to an activating group) is 1. The predicted molar refractivity (Wildman–Crippen MR) is 108 cm³/mol. The van der Waals surface area contributed by atoms with Crippen LogP contribution in [-0.4, -0.2) is 87.6 Å². The quantitative estimate of drug-likeness (QED) is 0.467. The molecule has 1 amide bonds. The van der Waals surface area contributed by atoms with Crippen LogP contribution in [0.3, 0.4) is 0 Å². The van der Waals surface area contributed by atoms with Gasteiger partial charge in [0.05, 0.1) is 25.3 Å². The van der Waals surface area contributed by atoms with Crippen LogP contribution in [0.15, 0.2) is 36.5 Å². The number of carbonyl (C=O) groups is 1. The number of benzene rings is 1. The van der Waals surface area contributed by atoms with Gasteiger partial charge in [0.25, 0.3) is 0 Å². The maximum atomic E-state index is 12.0. The Balaban J connectivity index is 1.47. The summed E-state index contributed by atoms with van der Waals surface area (Å²) in [4.78, 5) is 14.0. The molecule has 0 saturated carbocycles. The zero-order valence-corrected chi connectivity index (χ0v) is 17.2. The molecule has 30 heavy (non-hydrogen) atoms. The van der Waals surface area contributed by atoms with Gasteiger partial charge in [0.2, 0.25) is 5.91 Å². The molecule has 3 rings (SSSR count). The highest BCUT2D eigenvalue weighted by atomic mass is 16.5. The fourth-order valence-corrected chi connectivity index (χ4v) is 3.17. The van der Waals surface area contributed by atoms with E-state index in [2.05, 4.69) is 15.6 Å². The monoisotopic (exact) mass is 419 g/mol. The normalized spacial score (nSPS) is 23.6. The Morgan fingerprint density at radius 2 is 1.97 bits per heavy atom. The second-order valence-corrected chi connectivity index (χ2v) is 7.59. The van der Waals surface area contributed by atoms with Crippen molar-refractivity contribution in [3.63, 3.8) is 0 Å². The van der Waals surface area contributed by atoms with Crippen LogP contribution in [0.1, 0.15) is 12.1 Å². The summed E-state index contributed by atoms with van der Waals surface area (Å²) < 4.78 is 12.9. The average Bonchev–Trinajstić information content (AvgIpc) is 3.27. The number of aliphatic hydroxyl groups is 2. The minimum absolute atomic E-state index is 0.0182. The highest BCUT2D eigenvalue weighted by Gasteiger charge is 2.43. The molecule has 1 saturated heterocycles. The first-order chi connectivity index (χ1) is 14.4. The van der Waals surface area contributed by atoms with Gasteiger partial charge in [-0.25, -0.2) is 4.68 Å². The first-order valence-corrected chi connectivity index (χ1v) is 9.92. The Kier molecular flexibility index (Phi) is 7.75. The third kappa shape index (κ3) is 6.23. The summed E-state index contributed by atoms with van der Waals surface area (Å²) in [5, 5.41) is 31.4. The number of aliphatic hydroxyl groups excluding tert-OH is 2. The molecule has 10 nitrogen and oxygen atoms in total. The standard InChI is InChI=1S/C20H29N5O5/c1-24(2)9-8-21-18(26)10-16-19(27)20(28)17(30-16)12-25-11-14(22-23-25)13-29-15-6-4-3-5-7-15/h3-7,11,16-17,19-20,27-28H,8-10,12-13H2,1-2H3,(H,21,26). The molecular weight excluding hydrogens is 390 g/mol. The lowest BCUT2D eigenvalue weighted by Gasteiger charge is -2.15.